The average Bonchev–Trinajstić information content (AvgIpc) is 4.25. The van der Waals surface area contributed by atoms with Crippen molar-refractivity contribution in [1.82, 2.24) is 69.7 Å². The summed E-state index contributed by atoms with van der Waals surface area (Å²) in [7, 11) is 0. The van der Waals surface area contributed by atoms with Crippen LogP contribution in [0.25, 0.3) is 77.5 Å². The van der Waals surface area contributed by atoms with Gasteiger partial charge < -0.3 is 26.8 Å². The van der Waals surface area contributed by atoms with Gasteiger partial charge in [-0.25, -0.2) is 24.4 Å². The van der Waals surface area contributed by atoms with Crippen LogP contribution in [0.15, 0.2) is 144 Å². The maximum Gasteiger partial charge on any atom is 0.327 e. The van der Waals surface area contributed by atoms with Gasteiger partial charge in [0.2, 0.25) is 5.91 Å². The molecule has 0 unspecified atom stereocenters. The predicted octanol–water partition coefficient (Wildman–Crippen LogP) is 5.95. The molecular weight excluding hydrogens is 929 g/mol. The molecule has 1 amide bonds. The molecule has 0 radical (unpaired) electrons. The zero-order valence-corrected chi connectivity index (χ0v) is 39.4. The molecule has 2 saturated heterocycles. The fraction of sp³-hybridized carbons (Fsp3) is 0.192. The van der Waals surface area contributed by atoms with Crippen molar-refractivity contribution in [3.63, 3.8) is 0 Å². The van der Waals surface area contributed by atoms with Crippen LogP contribution in [0, 0.1) is 0 Å². The van der Waals surface area contributed by atoms with Crippen molar-refractivity contribution in [2.75, 3.05) is 37.6 Å². The average molecular weight is 979 g/mol. The molecule has 10 aromatic rings. The summed E-state index contributed by atoms with van der Waals surface area (Å²) in [4.78, 5) is 48.8. The predicted molar refractivity (Wildman–Crippen MR) is 279 cm³/mol. The lowest BCUT2D eigenvalue weighted by atomic mass is 10.1. The largest absolute Gasteiger partial charge is 0.478 e. The van der Waals surface area contributed by atoms with E-state index in [-0.39, 0.29) is 40.7 Å². The first-order valence-corrected chi connectivity index (χ1v) is 23.6. The molecule has 12 rings (SSSR count). The van der Waals surface area contributed by atoms with Crippen molar-refractivity contribution in [3.8, 4) is 33.9 Å². The molecule has 0 spiro atoms. The number of nitrogens with zero attached hydrogens (tertiary/aromatic N) is 11. The fourth-order valence-corrected chi connectivity index (χ4v) is 9.42. The van der Waals surface area contributed by atoms with Crippen molar-refractivity contribution >= 4 is 67.1 Å². The Morgan fingerprint density at radius 1 is 0.644 bits per heavy atom. The van der Waals surface area contributed by atoms with Crippen molar-refractivity contribution in [2.45, 2.75) is 37.8 Å². The number of carboxylic acid groups (broad SMARTS) is 1. The minimum atomic E-state index is -0.981. The van der Waals surface area contributed by atoms with Gasteiger partial charge in [-0.15, -0.1) is 0 Å². The third-order valence-electron chi connectivity index (χ3n) is 13.0. The molecule has 2 aliphatic heterocycles. The summed E-state index contributed by atoms with van der Waals surface area (Å²) in [5.74, 6) is -0.645. The molecule has 8 heterocycles. The third-order valence-corrected chi connectivity index (χ3v) is 13.0. The Bertz CT molecular complexity index is 3750. The number of anilines is 2. The molecule has 0 aliphatic carbocycles. The van der Waals surface area contributed by atoms with Crippen LogP contribution < -0.4 is 27.9 Å². The maximum atomic E-state index is 12.9. The Labute approximate surface area is 415 Å². The number of aromatic nitrogens is 12. The number of fused-ring (bicyclic) bond motifs is 4. The second-order valence-corrected chi connectivity index (χ2v) is 17.6. The number of aromatic amines is 2. The van der Waals surface area contributed by atoms with Gasteiger partial charge in [0.1, 0.15) is 22.4 Å². The molecule has 6 aromatic heterocycles. The SMILES string of the molecule is C=CC(=O)N1CCC[C@@H](n2nc(-c3ccc(-n4cc5ccccc5n4)cc3)c3c(N)n[nH]c(=O)c32)C1.C=CC(=O)O.Nc1n[nH]c(=O)c2c1c(-c1ccc(-n3cc4ccccc4n3)cc1)nn2[C@@H]1CCCNC1. The summed E-state index contributed by atoms with van der Waals surface area (Å²) in [5, 5.41) is 46.2. The number of H-pyrrole nitrogens is 2. The molecule has 0 saturated carbocycles. The second kappa shape index (κ2) is 20.1. The van der Waals surface area contributed by atoms with E-state index in [2.05, 4.69) is 49.1 Å². The normalized spacial score (nSPS) is 15.6. The fourth-order valence-electron chi connectivity index (χ4n) is 9.42. The van der Waals surface area contributed by atoms with Crippen molar-refractivity contribution in [3.05, 3.63) is 155 Å². The van der Waals surface area contributed by atoms with Crippen molar-refractivity contribution < 1.29 is 14.7 Å². The van der Waals surface area contributed by atoms with E-state index in [0.717, 1.165) is 89.2 Å². The van der Waals surface area contributed by atoms with Gasteiger partial charge >= 0.3 is 5.97 Å². The second-order valence-electron chi connectivity index (χ2n) is 17.6. The molecule has 2 atom stereocenters. The van der Waals surface area contributed by atoms with E-state index in [1.807, 2.05) is 124 Å². The van der Waals surface area contributed by atoms with Crippen LogP contribution in [0.4, 0.5) is 11.6 Å². The van der Waals surface area contributed by atoms with Crippen LogP contribution in [0.2, 0.25) is 0 Å². The minimum absolute atomic E-state index is 0.0960. The van der Waals surface area contributed by atoms with Crippen molar-refractivity contribution in [2.24, 2.45) is 0 Å². The Morgan fingerprint density at radius 3 is 1.58 bits per heavy atom. The van der Waals surface area contributed by atoms with Gasteiger partial charge in [-0.05, 0) is 74.7 Å². The minimum Gasteiger partial charge on any atom is -0.478 e. The highest BCUT2D eigenvalue weighted by Gasteiger charge is 2.29. The number of rotatable bonds is 8. The van der Waals surface area contributed by atoms with Gasteiger partial charge in [0.05, 0.1) is 45.3 Å². The summed E-state index contributed by atoms with van der Waals surface area (Å²) in [6.07, 6.45) is 9.70. The van der Waals surface area contributed by atoms with E-state index in [1.54, 1.807) is 9.58 Å². The first-order valence-electron chi connectivity index (χ1n) is 23.6. The summed E-state index contributed by atoms with van der Waals surface area (Å²) >= 11 is 0. The molecule has 0 bridgehead atoms. The van der Waals surface area contributed by atoms with Gasteiger partial charge in [-0.3, -0.25) is 23.7 Å². The summed E-state index contributed by atoms with van der Waals surface area (Å²) < 4.78 is 7.22. The lowest BCUT2D eigenvalue weighted by Crippen LogP contribution is -2.40. The number of carbonyl (C=O) groups is 2. The van der Waals surface area contributed by atoms with Crippen LogP contribution in [0.3, 0.4) is 0 Å². The smallest absolute Gasteiger partial charge is 0.327 e. The van der Waals surface area contributed by atoms with Crippen LogP contribution in [0.5, 0.6) is 0 Å². The highest BCUT2D eigenvalue weighted by atomic mass is 16.4. The van der Waals surface area contributed by atoms with E-state index in [0.29, 0.717) is 46.3 Å². The Morgan fingerprint density at radius 2 is 1.12 bits per heavy atom. The summed E-state index contributed by atoms with van der Waals surface area (Å²) in [5.41, 5.74) is 19.2. The van der Waals surface area contributed by atoms with Gasteiger partial charge in [0.15, 0.2) is 11.6 Å². The number of amides is 1. The number of hydrogen-bond donors (Lipinski definition) is 6. The first kappa shape index (κ1) is 47.2. The summed E-state index contributed by atoms with van der Waals surface area (Å²) in [6.45, 7) is 9.39. The van der Waals surface area contributed by atoms with Crippen LogP contribution in [-0.2, 0) is 9.59 Å². The van der Waals surface area contributed by atoms with E-state index < -0.39 is 5.97 Å². The number of benzene rings is 4. The Balaban J connectivity index is 0.000000154. The number of aliphatic carboxylic acids is 1. The number of nitrogens with one attached hydrogen (secondary N) is 3. The van der Waals surface area contributed by atoms with Gasteiger partial charge in [0.25, 0.3) is 11.1 Å². The molecule has 73 heavy (non-hydrogen) atoms. The lowest BCUT2D eigenvalue weighted by molar-refractivity contribution is -0.131. The van der Waals surface area contributed by atoms with E-state index in [1.165, 1.54) is 6.08 Å². The number of carboxylic acids is 1. The highest BCUT2D eigenvalue weighted by molar-refractivity contribution is 6.01. The number of nitrogens with two attached hydrogens (primary N) is 2. The van der Waals surface area contributed by atoms with Gasteiger partial charge in [-0.2, -0.15) is 30.6 Å². The van der Waals surface area contributed by atoms with Gasteiger partial charge in [-0.1, -0.05) is 73.8 Å². The topological polar surface area (TPSA) is 284 Å². The molecule has 2 fully saturated rings. The lowest BCUT2D eigenvalue weighted by Gasteiger charge is -2.32. The monoisotopic (exact) mass is 978 g/mol. The molecule has 2 aliphatic rings. The Kier molecular flexibility index (Phi) is 13.0. The number of hydrogen-bond acceptors (Lipinski definition) is 13. The van der Waals surface area contributed by atoms with Crippen LogP contribution in [0.1, 0.15) is 37.8 Å². The molecule has 368 valence electrons. The molecular formula is C52H50N16O5. The zero-order chi connectivity index (χ0) is 50.8. The molecule has 8 N–H and O–H groups in total. The number of carbonyl (C=O) groups excluding carboxylic acids is 1. The quantitative estimate of drug-likeness (QED) is 0.0961. The number of nitrogen functional groups attached to an aromatic ring is 2. The van der Waals surface area contributed by atoms with Crippen molar-refractivity contribution in [1.29, 1.82) is 0 Å². The van der Waals surface area contributed by atoms with Crippen LogP contribution >= 0.6 is 0 Å². The molecule has 21 heteroatoms. The van der Waals surface area contributed by atoms with E-state index >= 15 is 0 Å². The first-order chi connectivity index (χ1) is 35.5. The standard InChI is InChI=1S/C26H24N8O2.C23H22N8O.C3H4O2/c1-2-21(35)32-13-5-7-19(15-32)34-24-22(25(27)28-29-26(24)36)23(31-34)16-9-11-18(12-10-16)33-14-17-6-3-4-8-20(17)30-33;24-22-19-20(29-31(17-5-3-11-25-12-17)21(19)23(32)27-26-22)14-7-9-16(10-8-14)30-13-15-4-1-2-6-18(15)28-30;1-2-3(4)5/h2-4,6,8-12,14,19H,1,5,7,13,15H2,(H2,27,28)(H,29,36);1-2,4,6-10,13,17,25H,3,5,11-12H2,(H2,24,26)(H,27,32);2H,1H2,(H,4,5)/t19-;17-;/m11./s1. The van der Waals surface area contributed by atoms with Gasteiger partial charge in [0, 0.05) is 60.0 Å². The van der Waals surface area contributed by atoms with Crippen LogP contribution in [-0.4, -0.2) is 108 Å². The molecule has 4 aromatic carbocycles. The Hall–Kier alpha value is -9.50. The summed E-state index contributed by atoms with van der Waals surface area (Å²) in [6, 6.07) is 31.6. The maximum absolute atomic E-state index is 12.9. The highest BCUT2D eigenvalue weighted by Crippen LogP contribution is 2.35. The third kappa shape index (κ3) is 9.34. The molecule has 21 nitrogen and oxygen atoms in total. The van der Waals surface area contributed by atoms with E-state index in [4.69, 9.17) is 26.8 Å². The zero-order valence-electron chi connectivity index (χ0n) is 39.4. The number of likely N-dealkylation sites (tertiary alicyclic amines) is 1. The van der Waals surface area contributed by atoms with E-state index in [9.17, 15) is 19.2 Å². The number of piperidine rings is 2.